The molecule has 0 spiro atoms. The third kappa shape index (κ3) is 3.75. The maximum Gasteiger partial charge on any atom is 0.336 e. The van der Waals surface area contributed by atoms with Crippen LogP contribution in [0.4, 0.5) is 5.69 Å². The second-order valence-corrected chi connectivity index (χ2v) is 7.21. The molecule has 5 rings (SSSR count). The monoisotopic (exact) mass is 413 g/mol. The Balaban J connectivity index is 1.42. The number of benzene rings is 3. The van der Waals surface area contributed by atoms with Crippen LogP contribution >= 0.6 is 0 Å². The summed E-state index contributed by atoms with van der Waals surface area (Å²) in [5.41, 5.74) is 1.67. The lowest BCUT2D eigenvalue weighted by atomic mass is 10.0. The largest absolute Gasteiger partial charge is 0.489 e. The Kier molecular flexibility index (Phi) is 4.88. The normalized spacial score (nSPS) is 15.2. The molecule has 0 bridgehead atoms. The van der Waals surface area contributed by atoms with Gasteiger partial charge in [-0.25, -0.2) is 4.79 Å². The summed E-state index contributed by atoms with van der Waals surface area (Å²) in [7, 11) is 0. The molecular weight excluding hydrogens is 394 g/mol. The lowest BCUT2D eigenvalue weighted by Crippen LogP contribution is -2.43. The number of para-hydroxylation sites is 2. The predicted molar refractivity (Wildman–Crippen MR) is 117 cm³/mol. The van der Waals surface area contributed by atoms with E-state index in [0.29, 0.717) is 29.4 Å². The van der Waals surface area contributed by atoms with E-state index in [1.165, 1.54) is 6.07 Å². The van der Waals surface area contributed by atoms with Gasteiger partial charge in [-0.3, -0.25) is 9.69 Å². The van der Waals surface area contributed by atoms with Crippen molar-refractivity contribution in [2.45, 2.75) is 6.04 Å². The van der Waals surface area contributed by atoms with Crippen molar-refractivity contribution in [3.05, 3.63) is 101 Å². The number of amides is 1. The van der Waals surface area contributed by atoms with E-state index in [0.717, 1.165) is 10.9 Å². The van der Waals surface area contributed by atoms with Crippen LogP contribution in [0, 0.1) is 0 Å². The van der Waals surface area contributed by atoms with Crippen LogP contribution in [0.2, 0.25) is 0 Å². The van der Waals surface area contributed by atoms with E-state index in [1.54, 1.807) is 29.2 Å². The number of fused-ring (bicyclic) bond motifs is 2. The first-order chi connectivity index (χ1) is 15.2. The quantitative estimate of drug-likeness (QED) is 0.466. The van der Waals surface area contributed by atoms with Gasteiger partial charge in [0.25, 0.3) is 5.91 Å². The maximum absolute atomic E-state index is 13.3. The molecule has 0 radical (unpaired) electrons. The van der Waals surface area contributed by atoms with Crippen LogP contribution in [0.3, 0.4) is 0 Å². The lowest BCUT2D eigenvalue weighted by molar-refractivity contribution is -0.121. The SMILES string of the molecule is O=C(COc1ccc2ccc(=O)oc2c1)N1c2ccccc2OC[C@H]1c1ccccc1. The lowest BCUT2D eigenvalue weighted by Gasteiger charge is -2.37. The molecule has 6 nitrogen and oxygen atoms in total. The molecule has 1 aliphatic heterocycles. The second-order valence-electron chi connectivity index (χ2n) is 7.21. The van der Waals surface area contributed by atoms with Crippen molar-refractivity contribution in [2.75, 3.05) is 18.1 Å². The summed E-state index contributed by atoms with van der Waals surface area (Å²) >= 11 is 0. The molecule has 4 aromatic rings. The van der Waals surface area contributed by atoms with Gasteiger partial charge in [0.2, 0.25) is 0 Å². The first kappa shape index (κ1) is 18.9. The molecule has 1 atom stereocenters. The Morgan fingerprint density at radius 3 is 2.61 bits per heavy atom. The fourth-order valence-electron chi connectivity index (χ4n) is 3.76. The van der Waals surface area contributed by atoms with E-state index in [-0.39, 0.29) is 18.6 Å². The van der Waals surface area contributed by atoms with Crippen molar-refractivity contribution in [2.24, 2.45) is 0 Å². The van der Waals surface area contributed by atoms with E-state index in [4.69, 9.17) is 13.9 Å². The Morgan fingerprint density at radius 2 is 1.74 bits per heavy atom. The van der Waals surface area contributed by atoms with Gasteiger partial charge in [0, 0.05) is 17.5 Å². The number of ether oxygens (including phenoxy) is 2. The van der Waals surface area contributed by atoms with Gasteiger partial charge in [-0.1, -0.05) is 42.5 Å². The highest BCUT2D eigenvalue weighted by Gasteiger charge is 2.33. The molecule has 0 unspecified atom stereocenters. The third-order valence-electron chi connectivity index (χ3n) is 5.24. The number of hydrogen-bond acceptors (Lipinski definition) is 5. The van der Waals surface area contributed by atoms with E-state index < -0.39 is 5.63 Å². The Morgan fingerprint density at radius 1 is 0.968 bits per heavy atom. The molecule has 0 fully saturated rings. The maximum atomic E-state index is 13.3. The van der Waals surface area contributed by atoms with Crippen LogP contribution in [-0.2, 0) is 4.79 Å². The Labute approximate surface area is 178 Å². The minimum atomic E-state index is -0.434. The summed E-state index contributed by atoms with van der Waals surface area (Å²) in [5, 5.41) is 0.782. The van der Waals surface area contributed by atoms with Crippen molar-refractivity contribution in [1.82, 2.24) is 0 Å². The first-order valence-corrected chi connectivity index (χ1v) is 9.94. The molecular formula is C25H19NO5. The van der Waals surface area contributed by atoms with E-state index in [2.05, 4.69) is 0 Å². The summed E-state index contributed by atoms with van der Waals surface area (Å²) in [6.07, 6.45) is 0. The molecule has 0 N–H and O–H groups in total. The van der Waals surface area contributed by atoms with Crippen molar-refractivity contribution in [1.29, 1.82) is 0 Å². The Bertz CT molecular complexity index is 1300. The van der Waals surface area contributed by atoms with Crippen molar-refractivity contribution < 1.29 is 18.7 Å². The average Bonchev–Trinajstić information content (AvgIpc) is 2.82. The van der Waals surface area contributed by atoms with Crippen molar-refractivity contribution in [3.63, 3.8) is 0 Å². The third-order valence-corrected chi connectivity index (χ3v) is 5.24. The van der Waals surface area contributed by atoms with Crippen LogP contribution in [0.25, 0.3) is 11.0 Å². The molecule has 2 heterocycles. The van der Waals surface area contributed by atoms with E-state index in [9.17, 15) is 9.59 Å². The number of carbonyl (C=O) groups is 1. The van der Waals surface area contributed by atoms with Gasteiger partial charge in [-0.05, 0) is 35.9 Å². The van der Waals surface area contributed by atoms with Crippen LogP contribution < -0.4 is 20.0 Å². The van der Waals surface area contributed by atoms with E-state index in [1.807, 2.05) is 54.6 Å². The number of rotatable bonds is 4. The van der Waals surface area contributed by atoms with Gasteiger partial charge < -0.3 is 13.9 Å². The standard InChI is InChI=1S/C25H19NO5/c27-24(16-29-19-12-10-18-11-13-25(28)31-23(18)14-19)26-20-8-4-5-9-22(20)30-15-21(26)17-6-2-1-3-7-17/h1-14,21H,15-16H2/t21-/m0/s1. The zero-order chi connectivity index (χ0) is 21.2. The predicted octanol–water partition coefficient (Wildman–Crippen LogP) is 4.34. The summed E-state index contributed by atoms with van der Waals surface area (Å²) < 4.78 is 16.9. The topological polar surface area (TPSA) is 69.0 Å². The summed E-state index contributed by atoms with van der Waals surface area (Å²) in [6, 6.07) is 25.2. The smallest absolute Gasteiger partial charge is 0.336 e. The van der Waals surface area contributed by atoms with Gasteiger partial charge in [0.15, 0.2) is 6.61 Å². The highest BCUT2D eigenvalue weighted by atomic mass is 16.5. The number of nitrogens with zero attached hydrogens (tertiary/aromatic N) is 1. The van der Waals surface area contributed by atoms with Gasteiger partial charge in [-0.2, -0.15) is 0 Å². The van der Waals surface area contributed by atoms with Crippen LogP contribution in [-0.4, -0.2) is 19.1 Å². The molecule has 1 aliphatic rings. The minimum Gasteiger partial charge on any atom is -0.489 e. The average molecular weight is 413 g/mol. The van der Waals surface area contributed by atoms with Crippen LogP contribution in [0.1, 0.15) is 11.6 Å². The highest BCUT2D eigenvalue weighted by molar-refractivity contribution is 5.97. The molecule has 0 saturated carbocycles. The first-order valence-electron chi connectivity index (χ1n) is 9.94. The molecule has 6 heteroatoms. The molecule has 0 aliphatic carbocycles. The zero-order valence-corrected chi connectivity index (χ0v) is 16.6. The fraction of sp³-hybridized carbons (Fsp3) is 0.120. The molecule has 1 amide bonds. The summed E-state index contributed by atoms with van der Waals surface area (Å²) in [6.45, 7) is 0.189. The van der Waals surface area contributed by atoms with Gasteiger partial charge in [0.1, 0.15) is 23.7 Å². The molecule has 31 heavy (non-hydrogen) atoms. The Hall–Kier alpha value is -4.06. The van der Waals surface area contributed by atoms with Gasteiger partial charge >= 0.3 is 5.63 Å². The van der Waals surface area contributed by atoms with Gasteiger partial charge in [0.05, 0.1) is 11.7 Å². The van der Waals surface area contributed by atoms with Gasteiger partial charge in [-0.15, -0.1) is 0 Å². The number of carbonyl (C=O) groups excluding carboxylic acids is 1. The number of anilines is 1. The summed E-state index contributed by atoms with van der Waals surface area (Å²) in [4.78, 5) is 26.5. The fourth-order valence-corrected chi connectivity index (χ4v) is 3.76. The van der Waals surface area contributed by atoms with Crippen molar-refractivity contribution in [3.8, 4) is 11.5 Å². The van der Waals surface area contributed by atoms with Crippen molar-refractivity contribution >= 4 is 22.6 Å². The number of hydrogen-bond donors (Lipinski definition) is 0. The van der Waals surface area contributed by atoms with E-state index >= 15 is 0 Å². The summed E-state index contributed by atoms with van der Waals surface area (Å²) in [5.74, 6) is 0.919. The zero-order valence-electron chi connectivity index (χ0n) is 16.6. The highest BCUT2D eigenvalue weighted by Crippen LogP contribution is 2.39. The molecule has 3 aromatic carbocycles. The second kappa shape index (κ2) is 7.99. The minimum absolute atomic E-state index is 0.166. The van der Waals surface area contributed by atoms with Crippen LogP contribution in [0.5, 0.6) is 11.5 Å². The molecule has 0 saturated heterocycles. The molecule has 154 valence electrons. The molecule has 1 aromatic heterocycles. The van der Waals surface area contributed by atoms with Crippen LogP contribution in [0.15, 0.2) is 94.1 Å².